The van der Waals surface area contributed by atoms with Crippen LogP contribution in [0.5, 0.6) is 0 Å². The lowest BCUT2D eigenvalue weighted by atomic mass is 9.96. The molecule has 6 nitrogen and oxygen atoms in total. The number of benzene rings is 1. The van der Waals surface area contributed by atoms with E-state index in [0.29, 0.717) is 11.3 Å². The molecule has 2 aromatic rings. The first-order chi connectivity index (χ1) is 9.87. The lowest BCUT2D eigenvalue weighted by Gasteiger charge is -2.24. The number of rotatable bonds is 4. The van der Waals surface area contributed by atoms with Gasteiger partial charge in [-0.15, -0.1) is 0 Å². The van der Waals surface area contributed by atoms with Crippen molar-refractivity contribution in [3.63, 3.8) is 0 Å². The number of hydrogen-bond donors (Lipinski definition) is 3. The molecule has 112 valence electrons. The van der Waals surface area contributed by atoms with Gasteiger partial charge in [0, 0.05) is 13.2 Å². The number of carbonyl (C=O) groups excluding carboxylic acids is 1. The summed E-state index contributed by atoms with van der Waals surface area (Å²) in [5.74, 6) is -0.378. The van der Waals surface area contributed by atoms with E-state index in [0.717, 1.165) is 0 Å². The first-order valence-electron chi connectivity index (χ1n) is 6.39. The zero-order valence-corrected chi connectivity index (χ0v) is 11.8. The van der Waals surface area contributed by atoms with E-state index in [2.05, 4.69) is 15.7 Å². The molecule has 0 aliphatic heterocycles. The predicted molar refractivity (Wildman–Crippen MR) is 76.2 cm³/mol. The lowest BCUT2D eigenvalue weighted by molar-refractivity contribution is 0.0599. The number of aliphatic hydroxyl groups is 1. The highest BCUT2D eigenvalue weighted by molar-refractivity contribution is 5.88. The van der Waals surface area contributed by atoms with Crippen LogP contribution >= 0.6 is 0 Å². The van der Waals surface area contributed by atoms with Gasteiger partial charge in [0.1, 0.15) is 11.4 Å². The third kappa shape index (κ3) is 4.03. The largest absolute Gasteiger partial charge is 0.384 e. The topological polar surface area (TPSA) is 79.2 Å². The summed E-state index contributed by atoms with van der Waals surface area (Å²) in [4.78, 5) is 11.7. The third-order valence-electron chi connectivity index (χ3n) is 3.02. The van der Waals surface area contributed by atoms with E-state index >= 15 is 0 Å². The molecule has 2 rings (SSSR count). The second-order valence-electron chi connectivity index (χ2n) is 4.99. The van der Waals surface area contributed by atoms with Crippen LogP contribution in [0.2, 0.25) is 0 Å². The Morgan fingerprint density at radius 3 is 2.67 bits per heavy atom. The van der Waals surface area contributed by atoms with Gasteiger partial charge in [0.05, 0.1) is 18.4 Å². The van der Waals surface area contributed by atoms with Crippen molar-refractivity contribution in [3.05, 3.63) is 48.0 Å². The van der Waals surface area contributed by atoms with E-state index < -0.39 is 11.6 Å². The van der Waals surface area contributed by atoms with Gasteiger partial charge in [-0.05, 0) is 24.6 Å². The Morgan fingerprint density at radius 2 is 2.10 bits per heavy atom. The van der Waals surface area contributed by atoms with Crippen LogP contribution in [0.15, 0.2) is 36.7 Å². The van der Waals surface area contributed by atoms with Gasteiger partial charge in [-0.25, -0.2) is 9.18 Å². The van der Waals surface area contributed by atoms with E-state index in [9.17, 15) is 14.3 Å². The van der Waals surface area contributed by atoms with Gasteiger partial charge in [0.2, 0.25) is 0 Å². The van der Waals surface area contributed by atoms with Gasteiger partial charge in [0.25, 0.3) is 0 Å². The van der Waals surface area contributed by atoms with Crippen molar-refractivity contribution in [3.8, 4) is 0 Å². The second kappa shape index (κ2) is 5.92. The Hall–Kier alpha value is -2.41. The fourth-order valence-corrected chi connectivity index (χ4v) is 1.82. The smallest absolute Gasteiger partial charge is 0.319 e. The summed E-state index contributed by atoms with van der Waals surface area (Å²) in [6, 6.07) is 5.04. The molecule has 7 heteroatoms. The average molecular weight is 292 g/mol. The quantitative estimate of drug-likeness (QED) is 0.800. The Morgan fingerprint density at radius 1 is 1.43 bits per heavy atom. The molecule has 1 aromatic heterocycles. The van der Waals surface area contributed by atoms with Crippen LogP contribution < -0.4 is 10.6 Å². The van der Waals surface area contributed by atoms with E-state index in [1.54, 1.807) is 24.9 Å². The summed E-state index contributed by atoms with van der Waals surface area (Å²) in [6.07, 6.45) is 3.16. The van der Waals surface area contributed by atoms with Gasteiger partial charge in [-0.1, -0.05) is 12.1 Å². The minimum atomic E-state index is -1.29. The summed E-state index contributed by atoms with van der Waals surface area (Å²) in [5.41, 5.74) is -0.220. The van der Waals surface area contributed by atoms with Crippen molar-refractivity contribution in [2.75, 3.05) is 11.9 Å². The summed E-state index contributed by atoms with van der Waals surface area (Å²) >= 11 is 0. The third-order valence-corrected chi connectivity index (χ3v) is 3.02. The molecule has 0 bridgehead atoms. The Bertz CT molecular complexity index is 622. The Balaban J connectivity index is 1.91. The van der Waals surface area contributed by atoms with E-state index in [4.69, 9.17) is 0 Å². The molecule has 1 atom stereocenters. The number of nitrogens with zero attached hydrogens (tertiary/aromatic N) is 2. The van der Waals surface area contributed by atoms with Crippen LogP contribution in [-0.2, 0) is 12.6 Å². The fourth-order valence-electron chi connectivity index (χ4n) is 1.82. The van der Waals surface area contributed by atoms with Crippen molar-refractivity contribution in [2.24, 2.45) is 7.05 Å². The first-order valence-corrected chi connectivity index (χ1v) is 6.39. The van der Waals surface area contributed by atoms with Crippen LogP contribution in [0.3, 0.4) is 0 Å². The van der Waals surface area contributed by atoms with E-state index in [1.165, 1.54) is 30.5 Å². The molecule has 2 amide bonds. The zero-order valence-electron chi connectivity index (χ0n) is 11.8. The average Bonchev–Trinajstić information content (AvgIpc) is 2.82. The maximum atomic E-state index is 12.9. The minimum Gasteiger partial charge on any atom is -0.384 e. The number of halogens is 1. The summed E-state index contributed by atoms with van der Waals surface area (Å²) in [6.45, 7) is 1.54. The van der Waals surface area contributed by atoms with Crippen molar-refractivity contribution in [1.29, 1.82) is 0 Å². The molecule has 0 radical (unpaired) electrons. The summed E-state index contributed by atoms with van der Waals surface area (Å²) in [5, 5.41) is 19.4. The molecule has 0 aliphatic carbocycles. The molecular formula is C14H17FN4O2. The molecular weight excluding hydrogens is 275 g/mol. The number of urea groups is 1. The number of nitrogens with one attached hydrogen (secondary N) is 2. The number of hydrogen-bond acceptors (Lipinski definition) is 3. The molecule has 1 unspecified atom stereocenters. The van der Waals surface area contributed by atoms with E-state index in [1.807, 2.05) is 0 Å². The van der Waals surface area contributed by atoms with Gasteiger partial charge in [-0.2, -0.15) is 5.10 Å². The highest BCUT2D eigenvalue weighted by Gasteiger charge is 2.23. The van der Waals surface area contributed by atoms with Crippen molar-refractivity contribution in [2.45, 2.75) is 12.5 Å². The van der Waals surface area contributed by atoms with Crippen molar-refractivity contribution >= 4 is 11.7 Å². The van der Waals surface area contributed by atoms with Crippen LogP contribution in [0.25, 0.3) is 0 Å². The second-order valence-corrected chi connectivity index (χ2v) is 4.99. The van der Waals surface area contributed by atoms with Crippen LogP contribution in [0.4, 0.5) is 14.9 Å². The number of aryl methyl sites for hydroxylation is 1. The van der Waals surface area contributed by atoms with Gasteiger partial charge in [0.15, 0.2) is 0 Å². The zero-order chi connectivity index (χ0) is 15.5. The summed E-state index contributed by atoms with van der Waals surface area (Å²) < 4.78 is 14.4. The Kier molecular flexibility index (Phi) is 4.23. The molecule has 0 aliphatic rings. The number of amides is 2. The lowest BCUT2D eigenvalue weighted by Crippen LogP contribution is -2.40. The van der Waals surface area contributed by atoms with Crippen molar-refractivity contribution < 1.29 is 14.3 Å². The molecule has 1 heterocycles. The maximum Gasteiger partial charge on any atom is 0.319 e. The number of anilines is 1. The molecule has 21 heavy (non-hydrogen) atoms. The number of aromatic nitrogens is 2. The van der Waals surface area contributed by atoms with E-state index in [-0.39, 0.29) is 12.4 Å². The minimum absolute atomic E-state index is 0.00920. The Labute approximate surface area is 121 Å². The molecule has 1 aromatic carbocycles. The molecule has 3 N–H and O–H groups in total. The SMILES string of the molecule is Cn1cc(NC(=O)NCC(C)(O)c2ccc(F)cc2)cn1. The normalized spacial score (nSPS) is 13.5. The predicted octanol–water partition coefficient (Wildman–Crippen LogP) is 1.59. The number of carbonyl (C=O) groups is 1. The highest BCUT2D eigenvalue weighted by atomic mass is 19.1. The highest BCUT2D eigenvalue weighted by Crippen LogP contribution is 2.19. The van der Waals surface area contributed by atoms with Crippen LogP contribution in [-0.4, -0.2) is 27.5 Å². The monoisotopic (exact) mass is 292 g/mol. The molecule has 0 saturated carbocycles. The van der Waals surface area contributed by atoms with Gasteiger partial charge < -0.3 is 15.7 Å². The van der Waals surface area contributed by atoms with Gasteiger partial charge in [-0.3, -0.25) is 4.68 Å². The van der Waals surface area contributed by atoms with Crippen LogP contribution in [0, 0.1) is 5.82 Å². The molecule has 0 spiro atoms. The van der Waals surface area contributed by atoms with Crippen molar-refractivity contribution in [1.82, 2.24) is 15.1 Å². The first kappa shape index (κ1) is 15.0. The molecule has 0 saturated heterocycles. The molecule has 0 fully saturated rings. The maximum absolute atomic E-state index is 12.9. The van der Waals surface area contributed by atoms with Gasteiger partial charge >= 0.3 is 6.03 Å². The standard InChI is InChI=1S/C14H17FN4O2/c1-14(21,10-3-5-11(15)6-4-10)9-16-13(20)18-12-7-17-19(2)8-12/h3-8,21H,9H2,1-2H3,(H2,16,18,20). The van der Waals surface area contributed by atoms with Crippen LogP contribution in [0.1, 0.15) is 12.5 Å². The fraction of sp³-hybridized carbons (Fsp3) is 0.286. The summed E-state index contributed by atoms with van der Waals surface area (Å²) in [7, 11) is 1.74.